The third-order valence-corrected chi connectivity index (χ3v) is 2.35. The highest BCUT2D eigenvalue weighted by molar-refractivity contribution is 6.13. The van der Waals surface area contributed by atoms with Crippen LogP contribution in [0.25, 0.3) is 21.8 Å². The van der Waals surface area contributed by atoms with Crippen molar-refractivity contribution in [3.8, 4) is 0 Å². The van der Waals surface area contributed by atoms with E-state index in [1.54, 1.807) is 6.20 Å². The minimum Gasteiger partial charge on any atom is -0.430 e. The Labute approximate surface area is 98.9 Å². The number of pyridine rings is 2. The van der Waals surface area contributed by atoms with Gasteiger partial charge in [0.2, 0.25) is 0 Å². The second kappa shape index (κ2) is 5.38. The maximum absolute atomic E-state index is 7.12. The first-order valence-electron chi connectivity index (χ1n) is 5.17. The first-order valence-corrected chi connectivity index (χ1v) is 5.17. The van der Waals surface area contributed by atoms with E-state index >= 15 is 0 Å². The van der Waals surface area contributed by atoms with Gasteiger partial charge < -0.3 is 10.0 Å². The van der Waals surface area contributed by atoms with Crippen molar-refractivity contribution in [3.05, 3.63) is 48.8 Å². The van der Waals surface area contributed by atoms with Crippen LogP contribution in [0.3, 0.4) is 0 Å². The third-order valence-electron chi connectivity index (χ3n) is 2.35. The van der Waals surface area contributed by atoms with E-state index in [-0.39, 0.29) is 0 Å². The molecule has 0 aliphatic rings. The third kappa shape index (κ3) is 2.41. The topological polar surface area (TPSA) is 66.2 Å². The molecule has 0 bridgehead atoms. The van der Waals surface area contributed by atoms with Gasteiger partial charge in [-0.3, -0.25) is 9.97 Å². The van der Waals surface area contributed by atoms with Gasteiger partial charge in [-0.05, 0) is 24.3 Å². The first-order chi connectivity index (χ1) is 8.36. The maximum Gasteiger partial charge on any atom is 0.432 e. The lowest BCUT2D eigenvalue weighted by molar-refractivity contribution is 0.448. The summed E-state index contributed by atoms with van der Waals surface area (Å²) in [5.74, 6) is 0. The molecule has 2 N–H and O–H groups in total. The summed E-state index contributed by atoms with van der Waals surface area (Å²) in [5.41, 5.74) is 2.02. The molecule has 0 saturated heterocycles. The molecule has 0 aliphatic heterocycles. The summed E-state index contributed by atoms with van der Waals surface area (Å²) < 4.78 is 0. The molecule has 3 rings (SSSR count). The van der Waals surface area contributed by atoms with Crippen LogP contribution in [0.2, 0.25) is 0 Å². The normalized spacial score (nSPS) is 9.76. The number of benzene rings is 1. The molecule has 0 unspecified atom stereocenters. The van der Waals surface area contributed by atoms with Crippen molar-refractivity contribution in [2.45, 2.75) is 0 Å². The molecule has 0 radical (unpaired) electrons. The van der Waals surface area contributed by atoms with Gasteiger partial charge in [-0.15, -0.1) is 0 Å². The largest absolute Gasteiger partial charge is 0.432 e. The van der Waals surface area contributed by atoms with Crippen LogP contribution in [0.4, 0.5) is 0 Å². The Morgan fingerprint density at radius 2 is 1.59 bits per heavy atom. The Bertz CT molecular complexity index is 576. The van der Waals surface area contributed by atoms with Gasteiger partial charge in [0.05, 0.1) is 11.0 Å². The lowest BCUT2D eigenvalue weighted by atomic mass is 10.1. The fourth-order valence-corrected chi connectivity index (χ4v) is 1.70. The summed E-state index contributed by atoms with van der Waals surface area (Å²) in [5, 5.41) is 16.5. The van der Waals surface area contributed by atoms with Gasteiger partial charge in [0.15, 0.2) is 0 Å². The quantitative estimate of drug-likeness (QED) is 0.443. The minimum atomic E-state index is -0.750. The first kappa shape index (κ1) is 11.5. The van der Waals surface area contributed by atoms with Crippen molar-refractivity contribution in [1.82, 2.24) is 9.97 Å². The Hall–Kier alpha value is -1.98. The number of fused-ring (bicyclic) bond motifs is 3. The molecule has 1 aromatic carbocycles. The fraction of sp³-hybridized carbons (Fsp3) is 0. The predicted octanol–water partition coefficient (Wildman–Crippen LogP) is 1.02. The Morgan fingerprint density at radius 3 is 2.41 bits per heavy atom. The van der Waals surface area contributed by atoms with Crippen LogP contribution in [0.5, 0.6) is 0 Å². The van der Waals surface area contributed by atoms with Crippen LogP contribution in [0.15, 0.2) is 48.8 Å². The Balaban J connectivity index is 0.000000329. The van der Waals surface area contributed by atoms with Gasteiger partial charge in [0.1, 0.15) is 0 Å². The minimum absolute atomic E-state index is 0.750. The van der Waals surface area contributed by atoms with Gasteiger partial charge >= 0.3 is 7.69 Å². The van der Waals surface area contributed by atoms with Crippen molar-refractivity contribution in [2.24, 2.45) is 0 Å². The van der Waals surface area contributed by atoms with E-state index in [2.05, 4.69) is 28.2 Å². The highest BCUT2D eigenvalue weighted by atomic mass is 16.4. The van der Waals surface area contributed by atoms with E-state index < -0.39 is 7.69 Å². The SMILES string of the molecule is OBO.c1cnc2c(c1)ccc1ncccc12. The predicted molar refractivity (Wildman–Crippen MR) is 68.6 cm³/mol. The Kier molecular flexibility index (Phi) is 3.64. The van der Waals surface area contributed by atoms with E-state index in [0.717, 1.165) is 21.8 Å². The van der Waals surface area contributed by atoms with Crippen molar-refractivity contribution in [1.29, 1.82) is 0 Å². The number of rotatable bonds is 0. The lowest BCUT2D eigenvalue weighted by Crippen LogP contribution is -1.82. The average molecular weight is 226 g/mol. The molecule has 0 atom stereocenters. The van der Waals surface area contributed by atoms with E-state index in [1.165, 1.54) is 0 Å². The Morgan fingerprint density at radius 1 is 0.882 bits per heavy atom. The second-order valence-electron chi connectivity index (χ2n) is 3.35. The van der Waals surface area contributed by atoms with Crippen LogP contribution >= 0.6 is 0 Å². The molecular weight excluding hydrogens is 215 g/mol. The van der Waals surface area contributed by atoms with Gasteiger partial charge in [-0.1, -0.05) is 12.1 Å². The van der Waals surface area contributed by atoms with Crippen LogP contribution < -0.4 is 0 Å². The van der Waals surface area contributed by atoms with Crippen molar-refractivity contribution in [2.75, 3.05) is 0 Å². The summed E-state index contributed by atoms with van der Waals surface area (Å²) in [6.45, 7) is 0. The molecule has 2 aromatic heterocycles. The molecule has 0 saturated carbocycles. The van der Waals surface area contributed by atoms with Gasteiger partial charge in [0, 0.05) is 23.2 Å². The summed E-state index contributed by atoms with van der Waals surface area (Å²) in [6, 6.07) is 12.1. The van der Waals surface area contributed by atoms with Crippen LogP contribution in [-0.2, 0) is 0 Å². The molecule has 3 aromatic rings. The van der Waals surface area contributed by atoms with Crippen molar-refractivity contribution >= 4 is 29.5 Å². The molecule has 5 heteroatoms. The molecular formula is C12H11BN2O2. The monoisotopic (exact) mass is 226 g/mol. The summed E-state index contributed by atoms with van der Waals surface area (Å²) in [6.07, 6.45) is 3.62. The second-order valence-corrected chi connectivity index (χ2v) is 3.35. The van der Waals surface area contributed by atoms with Gasteiger partial charge in [-0.2, -0.15) is 0 Å². The fourth-order valence-electron chi connectivity index (χ4n) is 1.70. The van der Waals surface area contributed by atoms with Gasteiger partial charge in [-0.25, -0.2) is 0 Å². The number of hydrogen-bond donors (Lipinski definition) is 2. The zero-order valence-corrected chi connectivity index (χ0v) is 9.11. The number of nitrogens with zero attached hydrogens (tertiary/aromatic N) is 2. The average Bonchev–Trinajstić information content (AvgIpc) is 2.40. The van der Waals surface area contributed by atoms with E-state index in [4.69, 9.17) is 10.0 Å². The number of hydrogen-bond acceptors (Lipinski definition) is 4. The number of aromatic nitrogens is 2. The summed E-state index contributed by atoms with van der Waals surface area (Å²) in [4.78, 5) is 8.66. The lowest BCUT2D eigenvalue weighted by Gasteiger charge is -2.00. The summed E-state index contributed by atoms with van der Waals surface area (Å²) in [7, 11) is -0.750. The molecule has 84 valence electrons. The standard InChI is InChI=1S/C12H8N2.BH3O2/c1-3-9-5-6-11-10(4-2-7-13-11)12(9)14-8-1;2-1-3/h1-8H;1-3H. The molecule has 0 aliphatic carbocycles. The van der Waals surface area contributed by atoms with Gasteiger partial charge in [0.25, 0.3) is 0 Å². The molecule has 17 heavy (non-hydrogen) atoms. The zero-order valence-electron chi connectivity index (χ0n) is 9.11. The highest BCUT2D eigenvalue weighted by Gasteiger charge is 1.99. The van der Waals surface area contributed by atoms with Crippen LogP contribution in [0, 0.1) is 0 Å². The molecule has 0 spiro atoms. The molecule has 2 heterocycles. The van der Waals surface area contributed by atoms with Crippen molar-refractivity contribution < 1.29 is 10.0 Å². The van der Waals surface area contributed by atoms with Crippen LogP contribution in [0.1, 0.15) is 0 Å². The van der Waals surface area contributed by atoms with Crippen LogP contribution in [-0.4, -0.2) is 27.7 Å². The smallest absolute Gasteiger partial charge is 0.430 e. The van der Waals surface area contributed by atoms with E-state index in [0.29, 0.717) is 0 Å². The van der Waals surface area contributed by atoms with E-state index in [9.17, 15) is 0 Å². The maximum atomic E-state index is 7.12. The zero-order chi connectivity index (χ0) is 12.1. The highest BCUT2D eigenvalue weighted by Crippen LogP contribution is 2.20. The van der Waals surface area contributed by atoms with Crippen molar-refractivity contribution in [3.63, 3.8) is 0 Å². The van der Waals surface area contributed by atoms with E-state index in [1.807, 2.05) is 24.4 Å². The summed E-state index contributed by atoms with van der Waals surface area (Å²) >= 11 is 0. The molecule has 0 fully saturated rings. The molecule has 4 nitrogen and oxygen atoms in total. The molecule has 0 amide bonds.